The number of aromatic hydroxyl groups is 1. The smallest absolute Gasteiger partial charge is 0.257 e. The van der Waals surface area contributed by atoms with Crippen LogP contribution in [0, 0.1) is 12.3 Å². The van der Waals surface area contributed by atoms with E-state index in [0.29, 0.717) is 5.56 Å². The standard InChI is InChI=1S/C16H23NO2/c1-4-16(5-2)9-10-17(11-16)15(19)13-8-6-7-12(3)14(13)18/h6-8,18H,4-5,9-11H2,1-3H3. The SMILES string of the molecule is CCC1(CC)CCN(C(=O)c2cccc(C)c2O)C1. The molecule has 0 radical (unpaired) electrons. The normalized spacial score (nSPS) is 17.7. The molecule has 104 valence electrons. The van der Waals surface area contributed by atoms with Gasteiger partial charge in [0.15, 0.2) is 0 Å². The van der Waals surface area contributed by atoms with Crippen LogP contribution < -0.4 is 0 Å². The summed E-state index contributed by atoms with van der Waals surface area (Å²) in [7, 11) is 0. The highest BCUT2D eigenvalue weighted by Crippen LogP contribution is 2.38. The van der Waals surface area contributed by atoms with E-state index in [2.05, 4.69) is 13.8 Å². The average molecular weight is 261 g/mol. The number of phenols is 1. The van der Waals surface area contributed by atoms with Crippen LogP contribution in [0.2, 0.25) is 0 Å². The van der Waals surface area contributed by atoms with Crippen molar-refractivity contribution in [3.63, 3.8) is 0 Å². The zero-order valence-electron chi connectivity index (χ0n) is 12.1. The van der Waals surface area contributed by atoms with Crippen LogP contribution in [-0.4, -0.2) is 29.0 Å². The zero-order valence-corrected chi connectivity index (χ0v) is 12.1. The van der Waals surface area contributed by atoms with E-state index in [1.807, 2.05) is 24.0 Å². The predicted molar refractivity (Wildman–Crippen MR) is 76.4 cm³/mol. The number of likely N-dealkylation sites (tertiary alicyclic amines) is 1. The van der Waals surface area contributed by atoms with Gasteiger partial charge in [0.05, 0.1) is 5.56 Å². The van der Waals surface area contributed by atoms with Gasteiger partial charge >= 0.3 is 0 Å². The summed E-state index contributed by atoms with van der Waals surface area (Å²) in [5.41, 5.74) is 1.46. The van der Waals surface area contributed by atoms with Crippen molar-refractivity contribution < 1.29 is 9.90 Å². The maximum Gasteiger partial charge on any atom is 0.257 e. The molecular formula is C16H23NO2. The van der Waals surface area contributed by atoms with E-state index in [9.17, 15) is 9.90 Å². The number of nitrogens with zero attached hydrogens (tertiary/aromatic N) is 1. The fourth-order valence-electron chi connectivity index (χ4n) is 2.94. The quantitative estimate of drug-likeness (QED) is 0.906. The number of carbonyl (C=O) groups excluding carboxylic acids is 1. The Balaban J connectivity index is 2.20. The first-order chi connectivity index (χ1) is 9.03. The van der Waals surface area contributed by atoms with Gasteiger partial charge in [0.1, 0.15) is 5.75 Å². The van der Waals surface area contributed by atoms with Crippen LogP contribution in [0.1, 0.15) is 49.0 Å². The number of para-hydroxylation sites is 1. The van der Waals surface area contributed by atoms with Crippen LogP contribution in [0.4, 0.5) is 0 Å². The van der Waals surface area contributed by atoms with E-state index < -0.39 is 0 Å². The number of amides is 1. The Morgan fingerprint density at radius 1 is 1.37 bits per heavy atom. The molecule has 0 spiro atoms. The summed E-state index contributed by atoms with van der Waals surface area (Å²) in [5.74, 6) is 0.0861. The number of carbonyl (C=O) groups is 1. The minimum absolute atomic E-state index is 0.0371. The molecular weight excluding hydrogens is 238 g/mol. The first-order valence-electron chi connectivity index (χ1n) is 7.11. The Morgan fingerprint density at radius 2 is 2.05 bits per heavy atom. The Bertz CT molecular complexity index is 478. The lowest BCUT2D eigenvalue weighted by molar-refractivity contribution is 0.0766. The molecule has 2 rings (SSSR count). The lowest BCUT2D eigenvalue weighted by atomic mass is 9.82. The second-order valence-electron chi connectivity index (χ2n) is 5.65. The highest BCUT2D eigenvalue weighted by molar-refractivity contribution is 5.97. The van der Waals surface area contributed by atoms with Crippen molar-refractivity contribution in [1.82, 2.24) is 4.90 Å². The van der Waals surface area contributed by atoms with Gasteiger partial charge in [-0.15, -0.1) is 0 Å². The Hall–Kier alpha value is -1.51. The van der Waals surface area contributed by atoms with Crippen LogP contribution >= 0.6 is 0 Å². The lowest BCUT2D eigenvalue weighted by Gasteiger charge is -2.26. The van der Waals surface area contributed by atoms with Crippen LogP contribution in [0.3, 0.4) is 0 Å². The van der Waals surface area contributed by atoms with Gasteiger partial charge < -0.3 is 10.0 Å². The van der Waals surface area contributed by atoms with Crippen LogP contribution in [0.15, 0.2) is 18.2 Å². The molecule has 0 atom stereocenters. The maximum atomic E-state index is 12.5. The van der Waals surface area contributed by atoms with Crippen molar-refractivity contribution in [2.75, 3.05) is 13.1 Å². The van der Waals surface area contributed by atoms with Crippen molar-refractivity contribution in [2.45, 2.75) is 40.0 Å². The summed E-state index contributed by atoms with van der Waals surface area (Å²) in [6, 6.07) is 5.35. The molecule has 1 heterocycles. The third-order valence-electron chi connectivity index (χ3n) is 4.69. The number of hydrogen-bond donors (Lipinski definition) is 1. The van der Waals surface area contributed by atoms with Crippen LogP contribution in [0.25, 0.3) is 0 Å². The molecule has 0 aromatic heterocycles. The first-order valence-corrected chi connectivity index (χ1v) is 7.11. The molecule has 1 aliphatic rings. The van der Waals surface area contributed by atoms with Crippen molar-refractivity contribution in [2.24, 2.45) is 5.41 Å². The molecule has 0 saturated carbocycles. The summed E-state index contributed by atoms with van der Waals surface area (Å²) in [6.07, 6.45) is 3.28. The summed E-state index contributed by atoms with van der Waals surface area (Å²) >= 11 is 0. The molecule has 3 heteroatoms. The molecule has 0 aliphatic carbocycles. The Kier molecular flexibility index (Phi) is 3.83. The summed E-state index contributed by atoms with van der Waals surface area (Å²) in [6.45, 7) is 7.82. The van der Waals surface area contributed by atoms with Crippen molar-refractivity contribution in [3.05, 3.63) is 29.3 Å². The van der Waals surface area contributed by atoms with Gasteiger partial charge in [0.2, 0.25) is 0 Å². The van der Waals surface area contributed by atoms with Gasteiger partial charge in [0, 0.05) is 13.1 Å². The van der Waals surface area contributed by atoms with E-state index in [-0.39, 0.29) is 17.1 Å². The molecule has 0 bridgehead atoms. The first kappa shape index (κ1) is 13.9. The Morgan fingerprint density at radius 3 is 2.63 bits per heavy atom. The van der Waals surface area contributed by atoms with Crippen molar-refractivity contribution >= 4 is 5.91 Å². The summed E-state index contributed by atoms with van der Waals surface area (Å²) in [5, 5.41) is 10.0. The zero-order chi connectivity index (χ0) is 14.0. The fraction of sp³-hybridized carbons (Fsp3) is 0.562. The van der Waals surface area contributed by atoms with Gasteiger partial charge in [0.25, 0.3) is 5.91 Å². The molecule has 1 amide bonds. The molecule has 1 aromatic carbocycles. The third kappa shape index (κ3) is 2.46. The minimum atomic E-state index is -0.0371. The van der Waals surface area contributed by atoms with Crippen molar-refractivity contribution in [3.8, 4) is 5.75 Å². The Labute approximate surface area is 115 Å². The highest BCUT2D eigenvalue weighted by Gasteiger charge is 2.37. The van der Waals surface area contributed by atoms with E-state index in [0.717, 1.165) is 37.9 Å². The number of benzene rings is 1. The second-order valence-corrected chi connectivity index (χ2v) is 5.65. The van der Waals surface area contributed by atoms with E-state index >= 15 is 0 Å². The van der Waals surface area contributed by atoms with Gasteiger partial charge in [-0.3, -0.25) is 4.79 Å². The second kappa shape index (κ2) is 5.24. The molecule has 1 aromatic rings. The molecule has 3 nitrogen and oxygen atoms in total. The molecule has 0 unspecified atom stereocenters. The summed E-state index contributed by atoms with van der Waals surface area (Å²) in [4.78, 5) is 14.4. The fourth-order valence-corrected chi connectivity index (χ4v) is 2.94. The lowest BCUT2D eigenvalue weighted by Crippen LogP contribution is -2.31. The monoisotopic (exact) mass is 261 g/mol. The number of aryl methyl sites for hydroxylation is 1. The topological polar surface area (TPSA) is 40.5 Å². The van der Waals surface area contributed by atoms with E-state index in [1.165, 1.54) is 0 Å². The molecule has 1 fully saturated rings. The maximum absolute atomic E-state index is 12.5. The van der Waals surface area contributed by atoms with Gasteiger partial charge in [-0.25, -0.2) is 0 Å². The average Bonchev–Trinajstić information content (AvgIpc) is 2.86. The minimum Gasteiger partial charge on any atom is -0.507 e. The van der Waals surface area contributed by atoms with Gasteiger partial charge in [-0.05, 0) is 43.2 Å². The number of rotatable bonds is 3. The molecule has 1 aliphatic heterocycles. The summed E-state index contributed by atoms with van der Waals surface area (Å²) < 4.78 is 0. The van der Waals surface area contributed by atoms with Gasteiger partial charge in [-0.1, -0.05) is 26.0 Å². The van der Waals surface area contributed by atoms with E-state index in [4.69, 9.17) is 0 Å². The molecule has 19 heavy (non-hydrogen) atoms. The van der Waals surface area contributed by atoms with E-state index in [1.54, 1.807) is 6.07 Å². The van der Waals surface area contributed by atoms with Crippen molar-refractivity contribution in [1.29, 1.82) is 0 Å². The largest absolute Gasteiger partial charge is 0.507 e. The molecule has 1 saturated heterocycles. The molecule has 1 N–H and O–H groups in total. The third-order valence-corrected chi connectivity index (χ3v) is 4.69. The van der Waals surface area contributed by atoms with Crippen LogP contribution in [0.5, 0.6) is 5.75 Å². The number of phenolic OH excluding ortho intramolecular Hbond substituents is 1. The highest BCUT2D eigenvalue weighted by atomic mass is 16.3. The van der Waals surface area contributed by atoms with Gasteiger partial charge in [-0.2, -0.15) is 0 Å². The van der Waals surface area contributed by atoms with Crippen LogP contribution in [-0.2, 0) is 0 Å². The number of hydrogen-bond acceptors (Lipinski definition) is 2. The predicted octanol–water partition coefficient (Wildman–Crippen LogP) is 3.35.